The Morgan fingerprint density at radius 2 is 1.54 bits per heavy atom. The third-order valence-corrected chi connectivity index (χ3v) is 2.99. The number of aliphatic carboxylic acids is 2. The maximum atomic E-state index is 12.5. The minimum Gasteiger partial charge on any atom is -0.549 e. The maximum absolute atomic E-state index is 12.5. The van der Waals surface area contributed by atoms with Crippen LogP contribution in [0.1, 0.15) is 10.4 Å². The number of carbonyl (C=O) groups is 3. The fourth-order valence-corrected chi connectivity index (χ4v) is 2.09. The summed E-state index contributed by atoms with van der Waals surface area (Å²) in [5.41, 5.74) is -0.110. The van der Waals surface area contributed by atoms with Crippen LogP contribution in [-0.4, -0.2) is 56.5 Å². The highest BCUT2D eigenvalue weighted by Gasteiger charge is 2.24. The van der Waals surface area contributed by atoms with Crippen LogP contribution in [0, 0.1) is 0 Å². The van der Waals surface area contributed by atoms with Crippen molar-refractivity contribution >= 4 is 17.7 Å². The summed E-state index contributed by atoms with van der Waals surface area (Å²) < 4.78 is 10.2. The zero-order chi connectivity index (χ0) is 18.3. The van der Waals surface area contributed by atoms with Gasteiger partial charge in [0.15, 0.2) is 23.0 Å². The Labute approximate surface area is 137 Å². The number of hydrogen-bond donors (Lipinski definition) is 1. The largest absolute Gasteiger partial charge is 0.549 e. The number of methoxy groups -OCH3 is 2. The van der Waals surface area contributed by atoms with Crippen molar-refractivity contribution in [3.8, 4) is 17.2 Å². The average Bonchev–Trinajstić information content (AvgIpc) is 2.51. The quantitative estimate of drug-likeness (QED) is 0.343. The van der Waals surface area contributed by atoms with E-state index >= 15 is 0 Å². The highest BCUT2D eigenvalue weighted by Crippen LogP contribution is 2.37. The van der Waals surface area contributed by atoms with E-state index in [-0.39, 0.29) is 22.8 Å². The topological polar surface area (TPSA) is 154 Å². The molecule has 132 valence electrons. The molecule has 0 unspecified atom stereocenters. The van der Waals surface area contributed by atoms with Crippen molar-refractivity contribution < 1.29 is 38.9 Å². The van der Waals surface area contributed by atoms with Crippen LogP contribution >= 0.6 is 0 Å². The number of carbonyl (C=O) groups excluding carboxylic acids is 3. The predicted octanol–water partition coefficient (Wildman–Crippen LogP) is -3.06. The number of rotatable bonds is 10. The van der Waals surface area contributed by atoms with Crippen molar-refractivity contribution in [1.82, 2.24) is 4.90 Å². The molecular weight excluding hydrogens is 324 g/mol. The fraction of sp³-hybridized carbons (Fsp3) is 0.357. The van der Waals surface area contributed by atoms with E-state index in [1.807, 2.05) is 0 Å². The number of hydrogen-bond acceptors (Lipinski definition) is 10. The van der Waals surface area contributed by atoms with Crippen LogP contribution in [0.3, 0.4) is 0 Å². The summed E-state index contributed by atoms with van der Waals surface area (Å²) in [5, 5.41) is 21.4. The first-order chi connectivity index (χ1) is 11.3. The molecule has 1 rings (SSSR count). The van der Waals surface area contributed by atoms with Crippen molar-refractivity contribution in [2.75, 3.05) is 33.9 Å². The molecule has 0 fully saturated rings. The van der Waals surface area contributed by atoms with Gasteiger partial charge in [0.1, 0.15) is 5.56 Å². The molecule has 0 atom stereocenters. The third-order valence-electron chi connectivity index (χ3n) is 2.99. The first-order valence-electron chi connectivity index (χ1n) is 6.61. The van der Waals surface area contributed by atoms with Gasteiger partial charge in [-0.25, -0.2) is 0 Å². The lowest BCUT2D eigenvalue weighted by molar-refractivity contribution is -0.310. The SMILES string of the molecule is COc1ccc(ON)c(C(=O)CN(CC(=O)[O-])CC(=O)[O-])c1OC. The van der Waals surface area contributed by atoms with E-state index in [9.17, 15) is 24.6 Å². The molecule has 0 spiro atoms. The lowest BCUT2D eigenvalue weighted by atomic mass is 10.1. The van der Waals surface area contributed by atoms with Crippen LogP contribution in [0.2, 0.25) is 0 Å². The molecule has 2 N–H and O–H groups in total. The molecule has 0 bridgehead atoms. The van der Waals surface area contributed by atoms with Crippen LogP contribution in [0.15, 0.2) is 12.1 Å². The first kappa shape index (κ1) is 19.2. The minimum absolute atomic E-state index is 0.0206. The van der Waals surface area contributed by atoms with Crippen molar-refractivity contribution in [2.24, 2.45) is 5.90 Å². The van der Waals surface area contributed by atoms with Crippen molar-refractivity contribution in [3.63, 3.8) is 0 Å². The Kier molecular flexibility index (Phi) is 6.96. The van der Waals surface area contributed by atoms with Gasteiger partial charge in [0.05, 0.1) is 32.7 Å². The van der Waals surface area contributed by atoms with Gasteiger partial charge in [-0.3, -0.25) is 9.69 Å². The van der Waals surface area contributed by atoms with Gasteiger partial charge < -0.3 is 34.1 Å². The molecule has 0 aliphatic carbocycles. The van der Waals surface area contributed by atoms with Gasteiger partial charge in [-0.2, -0.15) is 5.90 Å². The molecule has 0 aliphatic heterocycles. The Bertz CT molecular complexity index is 615. The third kappa shape index (κ3) is 4.83. The summed E-state index contributed by atoms with van der Waals surface area (Å²) in [4.78, 5) is 39.3. The molecular formula is C14H16N2O8-2. The molecule has 1 aromatic rings. The number of carboxylic acid groups (broad SMARTS) is 2. The minimum atomic E-state index is -1.54. The molecule has 24 heavy (non-hydrogen) atoms. The maximum Gasteiger partial charge on any atom is 0.184 e. The smallest absolute Gasteiger partial charge is 0.184 e. The molecule has 0 radical (unpaired) electrons. The van der Waals surface area contributed by atoms with Gasteiger partial charge in [-0.15, -0.1) is 0 Å². The summed E-state index contributed by atoms with van der Waals surface area (Å²) in [6, 6.07) is 2.81. The summed E-state index contributed by atoms with van der Waals surface area (Å²) in [7, 11) is 2.64. The molecule has 0 saturated carbocycles. The van der Waals surface area contributed by atoms with Gasteiger partial charge in [0.25, 0.3) is 0 Å². The Morgan fingerprint density at radius 1 is 1.00 bits per heavy atom. The normalized spacial score (nSPS) is 10.3. The van der Waals surface area contributed by atoms with E-state index in [0.717, 1.165) is 4.90 Å². The molecule has 0 amide bonds. The fourth-order valence-electron chi connectivity index (χ4n) is 2.09. The standard InChI is InChI=1S/C14H18N2O8/c1-22-10-4-3-9(24-15)13(14(10)23-2)8(17)5-16(6-11(18)19)7-12(20)21/h3-4H,5-7,15H2,1-2H3,(H,18,19)(H,20,21)/p-2. The van der Waals surface area contributed by atoms with Gasteiger partial charge in [0, 0.05) is 13.1 Å². The number of ether oxygens (including phenoxy) is 2. The van der Waals surface area contributed by atoms with Crippen LogP contribution in [0.25, 0.3) is 0 Å². The van der Waals surface area contributed by atoms with E-state index in [4.69, 9.17) is 15.4 Å². The van der Waals surface area contributed by atoms with E-state index in [2.05, 4.69) is 4.84 Å². The summed E-state index contributed by atoms with van der Waals surface area (Å²) in [6.45, 7) is -2.11. The Balaban J connectivity index is 3.20. The lowest BCUT2D eigenvalue weighted by Crippen LogP contribution is -2.46. The van der Waals surface area contributed by atoms with E-state index < -0.39 is 37.4 Å². The number of nitrogens with zero attached hydrogens (tertiary/aromatic N) is 1. The molecule has 10 heteroatoms. The average molecular weight is 340 g/mol. The van der Waals surface area contributed by atoms with Crippen LogP contribution in [0.5, 0.6) is 17.2 Å². The number of ketones is 1. The van der Waals surface area contributed by atoms with Crippen molar-refractivity contribution in [2.45, 2.75) is 0 Å². The van der Waals surface area contributed by atoms with Crippen molar-refractivity contribution in [3.05, 3.63) is 17.7 Å². The number of benzene rings is 1. The van der Waals surface area contributed by atoms with Gasteiger partial charge >= 0.3 is 0 Å². The Hall–Kier alpha value is -2.85. The molecule has 0 heterocycles. The highest BCUT2D eigenvalue weighted by molar-refractivity contribution is 6.03. The second kappa shape index (κ2) is 8.70. The van der Waals surface area contributed by atoms with Crippen molar-refractivity contribution in [1.29, 1.82) is 0 Å². The van der Waals surface area contributed by atoms with E-state index in [0.29, 0.717) is 0 Å². The van der Waals surface area contributed by atoms with E-state index in [1.54, 1.807) is 0 Å². The molecule has 10 nitrogen and oxygen atoms in total. The summed E-state index contributed by atoms with van der Waals surface area (Å²) in [5.74, 6) is 1.54. The van der Waals surface area contributed by atoms with Crippen LogP contribution in [0.4, 0.5) is 0 Å². The molecule has 0 saturated heterocycles. The second-order valence-corrected chi connectivity index (χ2v) is 4.60. The Morgan fingerprint density at radius 3 is 1.96 bits per heavy atom. The second-order valence-electron chi connectivity index (χ2n) is 4.60. The molecule has 0 aromatic heterocycles. The predicted molar refractivity (Wildman–Crippen MR) is 75.1 cm³/mol. The van der Waals surface area contributed by atoms with Gasteiger partial charge in [0.2, 0.25) is 0 Å². The number of Topliss-reactive ketones (excluding diaryl/α,β-unsaturated/α-hetero) is 1. The monoisotopic (exact) mass is 340 g/mol. The van der Waals surface area contributed by atoms with Crippen LogP contribution < -0.4 is 30.4 Å². The number of nitrogens with two attached hydrogens (primary N) is 1. The van der Waals surface area contributed by atoms with Gasteiger partial charge in [-0.05, 0) is 12.1 Å². The zero-order valence-corrected chi connectivity index (χ0v) is 13.1. The first-order valence-corrected chi connectivity index (χ1v) is 6.61. The van der Waals surface area contributed by atoms with Gasteiger partial charge in [-0.1, -0.05) is 0 Å². The summed E-state index contributed by atoms with van der Waals surface area (Å²) >= 11 is 0. The summed E-state index contributed by atoms with van der Waals surface area (Å²) in [6.07, 6.45) is 0. The van der Waals surface area contributed by atoms with Crippen LogP contribution in [-0.2, 0) is 9.59 Å². The molecule has 0 aliphatic rings. The lowest BCUT2D eigenvalue weighted by Gasteiger charge is -2.23. The number of carboxylic acids is 2. The zero-order valence-electron chi connectivity index (χ0n) is 13.1. The molecule has 1 aromatic carbocycles. The highest BCUT2D eigenvalue weighted by atomic mass is 16.6. The van der Waals surface area contributed by atoms with E-state index in [1.165, 1.54) is 26.4 Å².